The van der Waals surface area contributed by atoms with E-state index in [-0.39, 0.29) is 0 Å². The van der Waals surface area contributed by atoms with Crippen LogP contribution in [0.2, 0.25) is 5.09 Å². The third-order valence-electron chi connectivity index (χ3n) is 0. The Morgan fingerprint density at radius 1 is 1.50 bits per heavy atom. The summed E-state index contributed by atoms with van der Waals surface area (Å²) in [6, 6.07) is 0. The van der Waals surface area contributed by atoms with Crippen LogP contribution in [0.5, 0.6) is 0 Å². The molecule has 8 heavy (non-hydrogen) atoms. The minimum atomic E-state index is -4.64. The molecule has 4 nitrogen and oxygen atoms in total. The van der Waals surface area contributed by atoms with Gasteiger partial charge in [0.2, 0.25) is 0 Å². The molecule has 0 spiro atoms. The molecule has 0 atom stereocenters. The summed E-state index contributed by atoms with van der Waals surface area (Å²) in [5.41, 5.74) is 0. The van der Waals surface area contributed by atoms with E-state index in [1.54, 1.807) is 0 Å². The Balaban J connectivity index is 0. The second kappa shape index (κ2) is 5.84. The molecule has 0 unspecified atom stereocenters. The van der Waals surface area contributed by atoms with Crippen molar-refractivity contribution in [2.75, 3.05) is 0 Å². The van der Waals surface area contributed by atoms with Gasteiger partial charge in [0.15, 0.2) is 0 Å². The van der Waals surface area contributed by atoms with Crippen LogP contribution in [-0.2, 0) is 4.57 Å². The predicted octanol–water partition coefficient (Wildman–Crippen LogP) is -0.336. The zero-order valence-electron chi connectivity index (χ0n) is 4.90. The molecule has 0 aliphatic heterocycles. The van der Waals surface area contributed by atoms with Gasteiger partial charge in [0.05, 0.1) is 0 Å². The van der Waals surface area contributed by atoms with E-state index in [1.165, 1.54) is 5.09 Å². The fraction of sp³-hybridized carbons (Fsp3) is 1.00. The van der Waals surface area contributed by atoms with E-state index in [2.05, 4.69) is 24.6 Å². The van der Waals surface area contributed by atoms with Crippen LogP contribution in [0, 0.1) is 0 Å². The second-order valence-electron chi connectivity index (χ2n) is 1.22. The molecule has 0 aromatic rings. The average Bonchev–Trinajstić information content (AvgIpc) is 1.27. The van der Waals surface area contributed by atoms with E-state index in [0.29, 0.717) is 0 Å². The first kappa shape index (κ1) is 11.5. The van der Waals surface area contributed by atoms with Crippen LogP contribution < -0.4 is 0 Å². The molecule has 0 aromatic heterocycles. The van der Waals surface area contributed by atoms with Gasteiger partial charge in [0.25, 0.3) is 0 Å². The SMILES string of the molecule is O=P(O)(O)O.[Li][CH2]C. The normalized spacial score (nSPS) is 9.75. The summed E-state index contributed by atoms with van der Waals surface area (Å²) < 4.78 is 8.88. The van der Waals surface area contributed by atoms with Gasteiger partial charge in [-0.15, -0.1) is 0 Å². The van der Waals surface area contributed by atoms with E-state index in [4.69, 9.17) is 19.2 Å². The molecule has 0 saturated carbocycles. The summed E-state index contributed by atoms with van der Waals surface area (Å²) in [6.45, 7) is 2.12. The second-order valence-corrected chi connectivity index (χ2v) is 2.25. The molecule has 0 heterocycles. The van der Waals surface area contributed by atoms with Crippen molar-refractivity contribution in [3.8, 4) is 0 Å². The van der Waals surface area contributed by atoms with Crippen LogP contribution >= 0.6 is 7.82 Å². The van der Waals surface area contributed by atoms with Crippen molar-refractivity contribution in [3.63, 3.8) is 0 Å². The fourth-order valence-electron chi connectivity index (χ4n) is 0. The van der Waals surface area contributed by atoms with Crippen molar-refractivity contribution in [1.29, 1.82) is 0 Å². The monoisotopic (exact) mass is 134 g/mol. The summed E-state index contributed by atoms with van der Waals surface area (Å²) in [5.74, 6) is 0. The molecule has 6 heteroatoms. The third-order valence-corrected chi connectivity index (χ3v) is 0. The Morgan fingerprint density at radius 3 is 1.50 bits per heavy atom. The fourth-order valence-corrected chi connectivity index (χ4v) is 0. The Hall–Kier alpha value is 0.707. The van der Waals surface area contributed by atoms with E-state index >= 15 is 0 Å². The topological polar surface area (TPSA) is 77.8 Å². The Labute approximate surface area is 57.4 Å². The first-order valence-corrected chi connectivity index (χ1v) is 3.76. The molecule has 0 aromatic carbocycles. The van der Waals surface area contributed by atoms with Crippen LogP contribution in [0.25, 0.3) is 0 Å². The molecular formula is C2H8LiO4P. The van der Waals surface area contributed by atoms with E-state index < -0.39 is 7.82 Å². The van der Waals surface area contributed by atoms with Gasteiger partial charge in [-0.2, -0.15) is 0 Å². The number of hydrogen-bond acceptors (Lipinski definition) is 1. The maximum absolute atomic E-state index is 8.88. The first-order valence-electron chi connectivity index (χ1n) is 2.20. The summed E-state index contributed by atoms with van der Waals surface area (Å²) in [6.07, 6.45) is 0. The van der Waals surface area contributed by atoms with Crippen molar-refractivity contribution in [1.82, 2.24) is 0 Å². The van der Waals surface area contributed by atoms with Gasteiger partial charge in [0, 0.05) is 0 Å². The maximum atomic E-state index is 8.88. The van der Waals surface area contributed by atoms with Crippen LogP contribution in [0.1, 0.15) is 6.92 Å². The van der Waals surface area contributed by atoms with Gasteiger partial charge < -0.3 is 14.7 Å². The molecule has 0 saturated heterocycles. The molecule has 0 radical (unpaired) electrons. The summed E-state index contributed by atoms with van der Waals surface area (Å²) >= 11 is 2.12. The molecule has 0 rings (SSSR count). The van der Waals surface area contributed by atoms with Gasteiger partial charge >= 0.3 is 37.6 Å². The molecule has 46 valence electrons. The number of hydrogen-bond donors (Lipinski definition) is 3. The average molecular weight is 134 g/mol. The van der Waals surface area contributed by atoms with E-state index in [9.17, 15) is 0 Å². The Kier molecular flexibility index (Phi) is 8.39. The van der Waals surface area contributed by atoms with Crippen molar-refractivity contribution in [3.05, 3.63) is 0 Å². The molecule has 0 amide bonds. The summed E-state index contributed by atoms with van der Waals surface area (Å²) in [5, 5.41) is 1.25. The third kappa shape index (κ3) is 437. The molecule has 3 N–H and O–H groups in total. The van der Waals surface area contributed by atoms with E-state index in [1.807, 2.05) is 0 Å². The van der Waals surface area contributed by atoms with E-state index in [0.717, 1.165) is 0 Å². The van der Waals surface area contributed by atoms with Gasteiger partial charge in [-0.1, -0.05) is 0 Å². The van der Waals surface area contributed by atoms with Gasteiger partial charge in [-0.05, 0) is 0 Å². The van der Waals surface area contributed by atoms with Crippen molar-refractivity contribution >= 4 is 25.5 Å². The number of phosphoric acid groups is 1. The van der Waals surface area contributed by atoms with Gasteiger partial charge in [-0.3, -0.25) is 0 Å². The quantitative estimate of drug-likeness (QED) is 0.313. The van der Waals surface area contributed by atoms with Crippen molar-refractivity contribution < 1.29 is 19.2 Å². The van der Waals surface area contributed by atoms with Crippen LogP contribution in [-0.4, -0.2) is 32.4 Å². The molecule has 0 aliphatic rings. The molecule has 0 aliphatic carbocycles. The van der Waals surface area contributed by atoms with Crippen LogP contribution in [0.15, 0.2) is 0 Å². The van der Waals surface area contributed by atoms with Crippen molar-refractivity contribution in [2.24, 2.45) is 0 Å². The number of rotatable bonds is 0. The molecule has 0 bridgehead atoms. The van der Waals surface area contributed by atoms with Crippen LogP contribution in [0.4, 0.5) is 0 Å². The zero-order valence-corrected chi connectivity index (χ0v) is 5.80. The minimum absolute atomic E-state index is 1.25. The van der Waals surface area contributed by atoms with Crippen LogP contribution in [0.3, 0.4) is 0 Å². The van der Waals surface area contributed by atoms with Crippen molar-refractivity contribution in [2.45, 2.75) is 12.0 Å². The zero-order chi connectivity index (χ0) is 7.21. The predicted molar refractivity (Wildman–Crippen MR) is 30.5 cm³/mol. The Bertz CT molecular complexity index is 69.8. The molecular weight excluding hydrogens is 126 g/mol. The summed E-state index contributed by atoms with van der Waals surface area (Å²) in [7, 11) is -4.64. The Morgan fingerprint density at radius 2 is 1.50 bits per heavy atom. The first-order chi connectivity index (χ1) is 3.41. The summed E-state index contributed by atoms with van der Waals surface area (Å²) in [4.78, 5) is 21.6. The molecule has 0 fully saturated rings. The van der Waals surface area contributed by atoms with Gasteiger partial charge in [-0.25, -0.2) is 4.57 Å². The standard InChI is InChI=1S/C2H5.Li.H3O4P/c1-2;;1-5(2,3)4/h1H2,2H3;;(H3,1,2,3,4). The van der Waals surface area contributed by atoms with Gasteiger partial charge in [0.1, 0.15) is 0 Å².